The minimum Gasteiger partial charge on any atom is -0.453 e. The van der Waals surface area contributed by atoms with Crippen molar-refractivity contribution in [1.82, 2.24) is 25.8 Å². The number of carbonyl (C=O) groups excluding carboxylic acids is 3. The number of anilines is 1. The zero-order chi connectivity index (χ0) is 35.4. The van der Waals surface area contributed by atoms with Crippen molar-refractivity contribution in [2.45, 2.75) is 63.2 Å². The van der Waals surface area contributed by atoms with Crippen molar-refractivity contribution in [2.24, 2.45) is 17.8 Å². The Labute approximate surface area is 294 Å². The zero-order valence-corrected chi connectivity index (χ0v) is 29.6. The molecule has 3 saturated heterocycles. The maximum absolute atomic E-state index is 14.9. The third-order valence-electron chi connectivity index (χ3n) is 11.7. The summed E-state index contributed by atoms with van der Waals surface area (Å²) < 4.78 is 33.3. The maximum Gasteiger partial charge on any atom is 0.407 e. The molecule has 1 saturated carbocycles. The number of nitrogens with zero attached hydrogens (tertiary/aromatic N) is 3. The van der Waals surface area contributed by atoms with Crippen molar-refractivity contribution in [1.29, 1.82) is 0 Å². The van der Waals surface area contributed by atoms with Crippen LogP contribution in [-0.4, -0.2) is 106 Å². The molecule has 0 unspecified atom stereocenters. The summed E-state index contributed by atoms with van der Waals surface area (Å²) >= 11 is 0. The van der Waals surface area contributed by atoms with E-state index < -0.39 is 17.7 Å². The number of likely N-dealkylation sites (tertiary alicyclic amines) is 2. The minimum atomic E-state index is -0.791. The fourth-order valence-corrected chi connectivity index (χ4v) is 9.17. The monoisotopic (exact) mass is 694 g/mol. The van der Waals surface area contributed by atoms with Gasteiger partial charge in [0.05, 0.1) is 7.11 Å². The predicted octanol–water partition coefficient (Wildman–Crippen LogP) is 4.09. The molecule has 0 aromatic heterocycles. The molecule has 1 aliphatic carbocycles. The smallest absolute Gasteiger partial charge is 0.407 e. The van der Waals surface area contributed by atoms with E-state index in [1.165, 1.54) is 20.1 Å². The van der Waals surface area contributed by atoms with Gasteiger partial charge in [0.25, 0.3) is 5.91 Å². The van der Waals surface area contributed by atoms with Crippen LogP contribution in [0, 0.1) is 23.6 Å². The minimum absolute atomic E-state index is 0.00571. The summed E-state index contributed by atoms with van der Waals surface area (Å²) in [5.41, 5.74) is 2.96. The average molecular weight is 695 g/mol. The van der Waals surface area contributed by atoms with Crippen LogP contribution in [0.3, 0.4) is 0 Å². The van der Waals surface area contributed by atoms with Gasteiger partial charge in [-0.1, -0.05) is 18.6 Å². The molecule has 4 fully saturated rings. The molecular formula is C38H52F2N6O4. The van der Waals surface area contributed by atoms with Crippen molar-refractivity contribution in [2.75, 3.05) is 71.4 Å². The highest BCUT2D eigenvalue weighted by molar-refractivity contribution is 5.96. The van der Waals surface area contributed by atoms with Crippen LogP contribution in [0.2, 0.25) is 0 Å². The summed E-state index contributed by atoms with van der Waals surface area (Å²) in [6, 6.07) is 12.7. The lowest BCUT2D eigenvalue weighted by Crippen LogP contribution is -2.58. The number of hydrogen-bond donors (Lipinski definition) is 3. The van der Waals surface area contributed by atoms with E-state index in [0.717, 1.165) is 81.6 Å². The largest absolute Gasteiger partial charge is 0.453 e. The average Bonchev–Trinajstić information content (AvgIpc) is 3.54. The van der Waals surface area contributed by atoms with Crippen LogP contribution in [-0.2, 0) is 21.5 Å². The fourth-order valence-electron chi connectivity index (χ4n) is 9.17. The molecule has 4 aliphatic rings. The van der Waals surface area contributed by atoms with Crippen molar-refractivity contribution in [3.05, 3.63) is 65.0 Å². The number of alkyl carbamates (subject to hydrolysis) is 1. The first-order valence-corrected chi connectivity index (χ1v) is 18.1. The number of piperidine rings is 1. The first-order chi connectivity index (χ1) is 24.1. The van der Waals surface area contributed by atoms with Crippen LogP contribution in [0.25, 0.3) is 0 Å². The van der Waals surface area contributed by atoms with Gasteiger partial charge in [-0.25, -0.2) is 13.6 Å². The summed E-state index contributed by atoms with van der Waals surface area (Å²) in [5.74, 6) is 0.124. The summed E-state index contributed by atoms with van der Waals surface area (Å²) in [7, 11) is 2.99. The van der Waals surface area contributed by atoms with Gasteiger partial charge in [0.1, 0.15) is 12.0 Å². The third kappa shape index (κ3) is 7.76. The molecule has 3 N–H and O–H groups in total. The number of alkyl halides is 1. The zero-order valence-electron chi connectivity index (χ0n) is 29.6. The van der Waals surface area contributed by atoms with E-state index in [0.29, 0.717) is 37.7 Å². The van der Waals surface area contributed by atoms with Gasteiger partial charge in [-0.15, -0.1) is 0 Å². The Bertz CT molecular complexity index is 1520. The number of benzene rings is 2. The normalized spacial score (nSPS) is 23.4. The van der Waals surface area contributed by atoms with E-state index in [2.05, 4.69) is 31.8 Å². The number of halogens is 2. The molecule has 6 rings (SSSR count). The number of methoxy groups -OCH3 is 1. The van der Waals surface area contributed by atoms with Crippen molar-refractivity contribution in [3.63, 3.8) is 0 Å². The predicted molar refractivity (Wildman–Crippen MR) is 188 cm³/mol. The van der Waals surface area contributed by atoms with Crippen LogP contribution in [0.1, 0.15) is 60.5 Å². The van der Waals surface area contributed by atoms with Crippen LogP contribution < -0.4 is 20.9 Å². The van der Waals surface area contributed by atoms with Gasteiger partial charge in [-0.3, -0.25) is 14.5 Å². The molecule has 0 spiro atoms. The Morgan fingerprint density at radius 1 is 0.980 bits per heavy atom. The maximum atomic E-state index is 14.9. The highest BCUT2D eigenvalue weighted by Gasteiger charge is 2.52. The second-order valence-electron chi connectivity index (χ2n) is 14.8. The molecule has 3 amide bonds. The number of amides is 3. The number of ether oxygens (including phenoxy) is 1. The molecule has 0 radical (unpaired) electrons. The molecule has 2 aromatic rings. The summed E-state index contributed by atoms with van der Waals surface area (Å²) in [6.45, 7) is 7.89. The molecule has 2 aromatic carbocycles. The standard InChI is InChI=1S/C38H52F2N6O4/c1-25(47)42-24-38(29-6-4-7-30(39)17-29,34-8-5-9-35(34)43-37(49)50-3)28-12-14-44(15-13-28)18-26-19-46(20-26)32-10-11-33(36(48)41-2)27(16-32)21-45-22-31(40)23-45/h4,6-7,10-11,16-17,26,28,31,34-35H,5,8-9,12-15,18-24H2,1-3H3,(H,41,48)(H,42,47)(H,43,49)/t34-,35-,38-/m0/s1. The van der Waals surface area contributed by atoms with Crippen LogP contribution in [0.4, 0.5) is 19.3 Å². The van der Waals surface area contributed by atoms with Gasteiger partial charge in [0.15, 0.2) is 0 Å². The summed E-state index contributed by atoms with van der Waals surface area (Å²) in [4.78, 5) is 44.2. The van der Waals surface area contributed by atoms with E-state index in [4.69, 9.17) is 4.74 Å². The molecule has 10 nitrogen and oxygen atoms in total. The summed E-state index contributed by atoms with van der Waals surface area (Å²) in [6.07, 6.45) is 3.14. The first-order valence-electron chi connectivity index (χ1n) is 18.1. The van der Waals surface area contributed by atoms with Gasteiger partial charge in [0.2, 0.25) is 5.91 Å². The van der Waals surface area contributed by atoms with Crippen molar-refractivity contribution < 1.29 is 27.9 Å². The molecule has 3 atom stereocenters. The lowest BCUT2D eigenvalue weighted by molar-refractivity contribution is -0.119. The fraction of sp³-hybridized carbons (Fsp3) is 0.605. The van der Waals surface area contributed by atoms with Crippen LogP contribution in [0.5, 0.6) is 0 Å². The molecule has 272 valence electrons. The highest BCUT2D eigenvalue weighted by atomic mass is 19.1. The third-order valence-corrected chi connectivity index (χ3v) is 11.7. The lowest BCUT2D eigenvalue weighted by Gasteiger charge is -2.51. The van der Waals surface area contributed by atoms with Crippen molar-refractivity contribution in [3.8, 4) is 0 Å². The molecule has 12 heteroatoms. The second kappa shape index (κ2) is 15.6. The Balaban J connectivity index is 1.13. The number of rotatable bonds is 12. The Morgan fingerprint density at radius 2 is 1.74 bits per heavy atom. The summed E-state index contributed by atoms with van der Waals surface area (Å²) in [5, 5.41) is 8.92. The van der Waals surface area contributed by atoms with Gasteiger partial charge >= 0.3 is 6.09 Å². The van der Waals surface area contributed by atoms with E-state index in [9.17, 15) is 23.2 Å². The number of carbonyl (C=O) groups is 3. The van der Waals surface area contributed by atoms with E-state index >= 15 is 0 Å². The SMILES string of the molecule is CNC(=O)c1ccc(N2CC(CN3CCC([C@@](CNC(C)=O)(c4cccc(F)c4)[C@H]4CCC[C@@H]4NC(=O)OC)CC3)C2)cc1CN1CC(F)C1. The van der Waals surface area contributed by atoms with Crippen LogP contribution >= 0.6 is 0 Å². The first kappa shape index (κ1) is 36.0. The van der Waals surface area contributed by atoms with E-state index in [-0.39, 0.29) is 35.5 Å². The number of nitrogens with one attached hydrogen (secondary N) is 3. The van der Waals surface area contributed by atoms with E-state index in [1.54, 1.807) is 19.2 Å². The molecule has 50 heavy (non-hydrogen) atoms. The highest BCUT2D eigenvalue weighted by Crippen LogP contribution is 2.50. The van der Waals surface area contributed by atoms with E-state index in [1.807, 2.05) is 23.1 Å². The van der Waals surface area contributed by atoms with Gasteiger partial charge in [0, 0.05) is 88.4 Å². The molecule has 3 aliphatic heterocycles. The Kier molecular flexibility index (Phi) is 11.3. The Hall–Kier alpha value is -3.77. The quantitative estimate of drug-likeness (QED) is 0.308. The Morgan fingerprint density at radius 3 is 2.40 bits per heavy atom. The second-order valence-corrected chi connectivity index (χ2v) is 14.8. The molecule has 0 bridgehead atoms. The topological polar surface area (TPSA) is 106 Å². The van der Waals surface area contributed by atoms with Crippen molar-refractivity contribution >= 4 is 23.6 Å². The van der Waals surface area contributed by atoms with Gasteiger partial charge < -0.3 is 30.5 Å². The van der Waals surface area contributed by atoms with Gasteiger partial charge in [-0.2, -0.15) is 0 Å². The lowest BCUT2D eigenvalue weighted by atomic mass is 9.58. The molecule has 3 heterocycles. The number of hydrogen-bond acceptors (Lipinski definition) is 7. The van der Waals surface area contributed by atoms with Gasteiger partial charge in [-0.05, 0) is 92.1 Å². The molecular weight excluding hydrogens is 642 g/mol. The van der Waals surface area contributed by atoms with Crippen LogP contribution in [0.15, 0.2) is 42.5 Å².